The molecule has 2 heterocycles. The SMILES string of the molecule is CC1(C)c2cc3c4cc(-c5ccc6[nH]c7ccccc7c6c5)ccc4n(C(=N)N=C(c4ccccc4)c4ccccc4)c3cc2C(C)(C)C1(C)C. The number of aromatic nitrogens is 2. The van der Waals surface area contributed by atoms with Crippen LogP contribution in [0.3, 0.4) is 0 Å². The smallest absolute Gasteiger partial charge is 0.227 e. The number of nitrogens with one attached hydrogen (secondary N) is 2. The van der Waals surface area contributed by atoms with E-state index in [0.717, 1.165) is 55.2 Å². The van der Waals surface area contributed by atoms with Gasteiger partial charge in [0.05, 0.1) is 16.7 Å². The van der Waals surface area contributed by atoms with Crippen molar-refractivity contribution in [3.05, 3.63) is 156 Å². The number of para-hydroxylation sites is 1. The van der Waals surface area contributed by atoms with Crippen molar-refractivity contribution in [2.75, 3.05) is 0 Å². The molecule has 0 atom stereocenters. The Balaban J connectivity index is 1.31. The molecule has 4 nitrogen and oxygen atoms in total. The summed E-state index contributed by atoms with van der Waals surface area (Å²) in [5.41, 5.74) is 12.0. The van der Waals surface area contributed by atoms with Gasteiger partial charge in [-0.05, 0) is 81.0 Å². The zero-order valence-corrected chi connectivity index (χ0v) is 30.1. The van der Waals surface area contributed by atoms with Crippen LogP contribution >= 0.6 is 0 Å². The molecule has 8 aromatic rings. The molecule has 1 aliphatic carbocycles. The fourth-order valence-corrected chi connectivity index (χ4v) is 8.63. The van der Waals surface area contributed by atoms with Crippen molar-refractivity contribution in [3.63, 3.8) is 0 Å². The van der Waals surface area contributed by atoms with E-state index in [9.17, 15) is 5.41 Å². The first-order valence-corrected chi connectivity index (χ1v) is 17.9. The molecule has 0 aliphatic heterocycles. The number of fused-ring (bicyclic) bond motifs is 7. The Bertz CT molecular complexity index is 2680. The summed E-state index contributed by atoms with van der Waals surface area (Å²) in [5, 5.41) is 14.5. The van der Waals surface area contributed by atoms with Gasteiger partial charge in [-0.25, -0.2) is 4.99 Å². The summed E-state index contributed by atoms with van der Waals surface area (Å²) < 4.78 is 2.07. The molecule has 51 heavy (non-hydrogen) atoms. The van der Waals surface area contributed by atoms with Crippen LogP contribution in [0.15, 0.2) is 138 Å². The van der Waals surface area contributed by atoms with E-state index in [1.807, 2.05) is 36.4 Å². The molecule has 0 unspecified atom stereocenters. The van der Waals surface area contributed by atoms with Gasteiger partial charge in [0.15, 0.2) is 0 Å². The Labute approximate surface area is 299 Å². The number of hydrogen-bond donors (Lipinski definition) is 2. The summed E-state index contributed by atoms with van der Waals surface area (Å²) in [5.74, 6) is 0.194. The van der Waals surface area contributed by atoms with Crippen LogP contribution in [0.5, 0.6) is 0 Å². The van der Waals surface area contributed by atoms with Crippen LogP contribution in [0, 0.1) is 10.8 Å². The summed E-state index contributed by atoms with van der Waals surface area (Å²) in [7, 11) is 0. The first-order valence-electron chi connectivity index (χ1n) is 17.9. The van der Waals surface area contributed by atoms with Crippen molar-refractivity contribution < 1.29 is 0 Å². The highest BCUT2D eigenvalue weighted by molar-refractivity contribution is 6.20. The molecular formula is C47H42N4. The van der Waals surface area contributed by atoms with E-state index in [1.165, 1.54) is 27.5 Å². The molecule has 6 aromatic carbocycles. The first kappa shape index (κ1) is 31.3. The fourth-order valence-electron chi connectivity index (χ4n) is 8.63. The van der Waals surface area contributed by atoms with Gasteiger partial charge in [-0.15, -0.1) is 0 Å². The maximum atomic E-state index is 9.73. The number of nitrogens with zero attached hydrogens (tertiary/aromatic N) is 2. The number of rotatable bonds is 3. The molecule has 0 radical (unpaired) electrons. The lowest BCUT2D eigenvalue weighted by atomic mass is 9.59. The summed E-state index contributed by atoms with van der Waals surface area (Å²) in [6.07, 6.45) is 0. The predicted octanol–water partition coefficient (Wildman–Crippen LogP) is 12.0. The molecule has 0 amide bonds. The molecule has 0 fully saturated rings. The Hall–Kier alpha value is -5.74. The van der Waals surface area contributed by atoms with Crippen LogP contribution in [0.1, 0.15) is 63.8 Å². The lowest BCUT2D eigenvalue weighted by Crippen LogP contribution is -2.42. The minimum Gasteiger partial charge on any atom is -0.355 e. The first-order chi connectivity index (χ1) is 24.5. The molecular weight excluding hydrogens is 621 g/mol. The van der Waals surface area contributed by atoms with Gasteiger partial charge in [-0.1, -0.05) is 133 Å². The molecule has 2 aromatic heterocycles. The van der Waals surface area contributed by atoms with Gasteiger partial charge in [-0.3, -0.25) is 9.98 Å². The van der Waals surface area contributed by atoms with Crippen LogP contribution < -0.4 is 0 Å². The number of aliphatic imine (C=N–C) groups is 1. The Kier molecular flexibility index (Phi) is 6.67. The zero-order chi connectivity index (χ0) is 35.3. The van der Waals surface area contributed by atoms with Gasteiger partial charge in [0.1, 0.15) is 0 Å². The molecule has 1 aliphatic rings. The van der Waals surface area contributed by atoms with E-state index in [-0.39, 0.29) is 22.2 Å². The molecule has 0 bridgehead atoms. The topological polar surface area (TPSA) is 56.9 Å². The van der Waals surface area contributed by atoms with Gasteiger partial charge in [0.25, 0.3) is 0 Å². The monoisotopic (exact) mass is 662 g/mol. The predicted molar refractivity (Wildman–Crippen MR) is 216 cm³/mol. The summed E-state index contributed by atoms with van der Waals surface area (Å²) in [4.78, 5) is 8.71. The van der Waals surface area contributed by atoms with Crippen LogP contribution in [0.25, 0.3) is 54.7 Å². The van der Waals surface area contributed by atoms with Gasteiger partial charge >= 0.3 is 0 Å². The van der Waals surface area contributed by atoms with Crippen LogP contribution in [0.4, 0.5) is 0 Å². The van der Waals surface area contributed by atoms with E-state index in [2.05, 4.69) is 148 Å². The van der Waals surface area contributed by atoms with E-state index in [0.29, 0.717) is 0 Å². The number of aromatic amines is 1. The largest absolute Gasteiger partial charge is 0.355 e. The second kappa shape index (κ2) is 10.9. The summed E-state index contributed by atoms with van der Waals surface area (Å²) >= 11 is 0. The van der Waals surface area contributed by atoms with Gasteiger partial charge in [0, 0.05) is 43.7 Å². The standard InChI is InChI=1S/C47H42N4/c1-45(2)37-27-36-35-26-32(31-21-23-40-34(25-31)33-19-13-14-20-39(33)49-40)22-24-41(35)51(42(36)28-38(37)46(3,4)47(45,5)6)44(48)50-43(29-15-9-7-10-16-29)30-17-11-8-12-18-30/h7-28,48-49H,1-6H3. The van der Waals surface area contributed by atoms with Crippen LogP contribution in [0.2, 0.25) is 0 Å². The fraction of sp³-hybridized carbons (Fsp3) is 0.191. The van der Waals surface area contributed by atoms with Crippen molar-refractivity contribution in [1.82, 2.24) is 9.55 Å². The average molecular weight is 663 g/mol. The Morgan fingerprint density at radius 2 is 1.06 bits per heavy atom. The molecule has 0 saturated heterocycles. The van der Waals surface area contributed by atoms with Gasteiger partial charge < -0.3 is 4.98 Å². The lowest BCUT2D eigenvalue weighted by molar-refractivity contribution is 0.125. The molecule has 250 valence electrons. The van der Waals surface area contributed by atoms with E-state index in [1.54, 1.807) is 0 Å². The van der Waals surface area contributed by atoms with Crippen LogP contribution in [-0.2, 0) is 10.8 Å². The van der Waals surface area contributed by atoms with Crippen LogP contribution in [-0.4, -0.2) is 21.2 Å². The minimum absolute atomic E-state index is 0.0150. The van der Waals surface area contributed by atoms with Crippen molar-refractivity contribution in [2.45, 2.75) is 52.4 Å². The molecule has 0 spiro atoms. The maximum Gasteiger partial charge on any atom is 0.227 e. The molecule has 0 saturated carbocycles. The number of hydrogen-bond acceptors (Lipinski definition) is 1. The maximum absolute atomic E-state index is 9.73. The molecule has 4 heteroatoms. The van der Waals surface area contributed by atoms with Crippen molar-refractivity contribution in [2.24, 2.45) is 10.4 Å². The highest BCUT2D eigenvalue weighted by atomic mass is 15.2. The second-order valence-electron chi connectivity index (χ2n) is 15.8. The average Bonchev–Trinajstić information content (AvgIpc) is 3.71. The van der Waals surface area contributed by atoms with Crippen molar-refractivity contribution in [1.29, 1.82) is 5.41 Å². The second-order valence-corrected chi connectivity index (χ2v) is 15.8. The van der Waals surface area contributed by atoms with Gasteiger partial charge in [-0.2, -0.15) is 0 Å². The van der Waals surface area contributed by atoms with Crippen molar-refractivity contribution >= 4 is 55.3 Å². The number of benzene rings is 6. The normalized spacial score (nSPS) is 15.8. The van der Waals surface area contributed by atoms with Gasteiger partial charge in [0.2, 0.25) is 5.96 Å². The zero-order valence-electron chi connectivity index (χ0n) is 30.1. The Morgan fingerprint density at radius 1 is 0.529 bits per heavy atom. The third-order valence-electron chi connectivity index (χ3n) is 12.7. The van der Waals surface area contributed by atoms with E-state index >= 15 is 0 Å². The molecule has 2 N–H and O–H groups in total. The summed E-state index contributed by atoms with van der Waals surface area (Å²) in [6, 6.07) is 47.1. The van der Waals surface area contributed by atoms with E-state index in [4.69, 9.17) is 4.99 Å². The van der Waals surface area contributed by atoms with Crippen molar-refractivity contribution in [3.8, 4) is 11.1 Å². The minimum atomic E-state index is -0.0775. The highest BCUT2D eigenvalue weighted by Gasteiger charge is 2.57. The lowest BCUT2D eigenvalue weighted by Gasteiger charge is -2.44. The number of H-pyrrole nitrogens is 1. The summed E-state index contributed by atoms with van der Waals surface area (Å²) in [6.45, 7) is 14.4. The third-order valence-corrected chi connectivity index (χ3v) is 12.7. The highest BCUT2D eigenvalue weighted by Crippen LogP contribution is 2.62. The third kappa shape index (κ3) is 4.45. The quantitative estimate of drug-likeness (QED) is 0.140. The Morgan fingerprint density at radius 3 is 1.73 bits per heavy atom. The molecule has 9 rings (SSSR count). The van der Waals surface area contributed by atoms with E-state index < -0.39 is 0 Å².